The van der Waals surface area contributed by atoms with Crippen molar-refractivity contribution in [2.24, 2.45) is 0 Å². The topological polar surface area (TPSA) is 117 Å². The van der Waals surface area contributed by atoms with Gasteiger partial charge in [-0.05, 0) is 87.6 Å². The SMILES string of the molecule is CCCCCCN(C(=O)C(CCSC)NC(=O)OC(C)(C)C)C(C(=O)Nc1ccc(OC)cc1)c1cccc(O)c1. The maximum absolute atomic E-state index is 14.2. The second-order valence-electron chi connectivity index (χ2n) is 10.8. The fourth-order valence-corrected chi connectivity index (χ4v) is 4.74. The third kappa shape index (κ3) is 11.5. The molecule has 0 aliphatic rings. The monoisotopic (exact) mass is 587 g/mol. The third-order valence-electron chi connectivity index (χ3n) is 6.24. The number of ether oxygens (including phenoxy) is 2. The quantitative estimate of drug-likeness (QED) is 0.214. The number of benzene rings is 2. The Morgan fingerprint density at radius 2 is 1.76 bits per heavy atom. The highest BCUT2D eigenvalue weighted by Crippen LogP contribution is 2.28. The average Bonchev–Trinajstić information content (AvgIpc) is 2.91. The molecule has 2 aromatic rings. The van der Waals surface area contributed by atoms with Gasteiger partial charge in [0.1, 0.15) is 29.2 Å². The summed E-state index contributed by atoms with van der Waals surface area (Å²) in [6.07, 6.45) is 5.14. The summed E-state index contributed by atoms with van der Waals surface area (Å²) in [5, 5.41) is 15.9. The van der Waals surface area contributed by atoms with Gasteiger partial charge in [0.15, 0.2) is 0 Å². The van der Waals surface area contributed by atoms with Crippen LogP contribution in [-0.4, -0.2) is 65.2 Å². The van der Waals surface area contributed by atoms with E-state index in [1.807, 2.05) is 6.26 Å². The number of unbranched alkanes of at least 4 members (excludes halogenated alkanes) is 3. The molecule has 226 valence electrons. The molecule has 0 aliphatic carbocycles. The summed E-state index contributed by atoms with van der Waals surface area (Å²) in [5.41, 5.74) is 0.255. The molecule has 0 heterocycles. The summed E-state index contributed by atoms with van der Waals surface area (Å²) in [5.74, 6) is 0.411. The molecule has 3 N–H and O–H groups in total. The first-order chi connectivity index (χ1) is 19.5. The molecule has 41 heavy (non-hydrogen) atoms. The number of hydrogen-bond donors (Lipinski definition) is 3. The van der Waals surface area contributed by atoms with Gasteiger partial charge in [0.2, 0.25) is 5.91 Å². The standard InChI is InChI=1S/C31H45N3O6S/c1-7-8-9-10-19-34(29(37)26(18-20-41-6)33-30(38)40-31(2,3)4)27(22-12-11-13-24(35)21-22)28(36)32-23-14-16-25(39-5)17-15-23/h11-17,21,26-27,35H,7-10,18-20H2,1-6H3,(H,32,36)(H,33,38). The van der Waals surface area contributed by atoms with Gasteiger partial charge in [-0.1, -0.05) is 38.3 Å². The van der Waals surface area contributed by atoms with E-state index < -0.39 is 29.7 Å². The molecule has 0 saturated heterocycles. The van der Waals surface area contributed by atoms with Crippen molar-refractivity contribution in [1.82, 2.24) is 10.2 Å². The van der Waals surface area contributed by atoms with E-state index in [-0.39, 0.29) is 11.7 Å². The van der Waals surface area contributed by atoms with Gasteiger partial charge in [-0.3, -0.25) is 9.59 Å². The smallest absolute Gasteiger partial charge is 0.408 e. The minimum atomic E-state index is -1.06. The number of rotatable bonds is 15. The van der Waals surface area contributed by atoms with Crippen LogP contribution in [0.3, 0.4) is 0 Å². The van der Waals surface area contributed by atoms with Crippen LogP contribution in [-0.2, 0) is 14.3 Å². The minimum Gasteiger partial charge on any atom is -0.508 e. The van der Waals surface area contributed by atoms with Crippen LogP contribution in [0.25, 0.3) is 0 Å². The predicted molar refractivity (Wildman–Crippen MR) is 164 cm³/mol. The number of nitrogens with one attached hydrogen (secondary N) is 2. The van der Waals surface area contributed by atoms with Crippen molar-refractivity contribution in [1.29, 1.82) is 0 Å². The average molecular weight is 588 g/mol. The van der Waals surface area contributed by atoms with Crippen molar-refractivity contribution in [3.05, 3.63) is 54.1 Å². The van der Waals surface area contributed by atoms with Crippen molar-refractivity contribution in [2.45, 2.75) is 77.5 Å². The van der Waals surface area contributed by atoms with Gasteiger partial charge in [0, 0.05) is 12.2 Å². The van der Waals surface area contributed by atoms with E-state index in [1.54, 1.807) is 76.0 Å². The van der Waals surface area contributed by atoms with Crippen LogP contribution < -0.4 is 15.4 Å². The lowest BCUT2D eigenvalue weighted by Crippen LogP contribution is -2.52. The number of thioether (sulfide) groups is 1. The molecule has 10 heteroatoms. The Morgan fingerprint density at radius 1 is 1.05 bits per heavy atom. The summed E-state index contributed by atoms with van der Waals surface area (Å²) < 4.78 is 10.7. The maximum Gasteiger partial charge on any atom is 0.408 e. The van der Waals surface area contributed by atoms with E-state index in [0.29, 0.717) is 42.1 Å². The number of carbonyl (C=O) groups excluding carboxylic acids is 3. The molecule has 0 spiro atoms. The first kappa shape index (κ1) is 33.8. The number of hydrogen-bond acceptors (Lipinski definition) is 7. The first-order valence-corrected chi connectivity index (χ1v) is 15.4. The summed E-state index contributed by atoms with van der Waals surface area (Å²) in [7, 11) is 1.56. The second-order valence-corrected chi connectivity index (χ2v) is 11.8. The van der Waals surface area contributed by atoms with Crippen molar-refractivity contribution in [2.75, 3.05) is 31.0 Å². The van der Waals surface area contributed by atoms with Gasteiger partial charge < -0.3 is 30.1 Å². The molecule has 2 unspecified atom stereocenters. The highest BCUT2D eigenvalue weighted by atomic mass is 32.2. The van der Waals surface area contributed by atoms with Gasteiger partial charge >= 0.3 is 6.09 Å². The van der Waals surface area contributed by atoms with Gasteiger partial charge in [0.25, 0.3) is 5.91 Å². The third-order valence-corrected chi connectivity index (χ3v) is 6.88. The van der Waals surface area contributed by atoms with Crippen LogP contribution in [0.5, 0.6) is 11.5 Å². The molecular weight excluding hydrogens is 542 g/mol. The molecule has 2 aromatic carbocycles. The van der Waals surface area contributed by atoms with Crippen LogP contribution >= 0.6 is 11.8 Å². The van der Waals surface area contributed by atoms with Gasteiger partial charge in [0.05, 0.1) is 7.11 Å². The highest BCUT2D eigenvalue weighted by Gasteiger charge is 2.36. The van der Waals surface area contributed by atoms with Crippen molar-refractivity contribution in [3.8, 4) is 11.5 Å². The van der Waals surface area contributed by atoms with Crippen LogP contribution in [0.2, 0.25) is 0 Å². The molecule has 0 aromatic heterocycles. The zero-order valence-corrected chi connectivity index (χ0v) is 25.9. The Hall–Kier alpha value is -3.40. The van der Waals surface area contributed by atoms with Crippen LogP contribution in [0, 0.1) is 0 Å². The first-order valence-electron chi connectivity index (χ1n) is 14.0. The molecule has 0 fully saturated rings. The lowest BCUT2D eigenvalue weighted by atomic mass is 10.0. The molecule has 0 saturated carbocycles. The molecule has 0 aliphatic heterocycles. The Bertz CT molecular complexity index is 1120. The van der Waals surface area contributed by atoms with Crippen LogP contribution in [0.4, 0.5) is 10.5 Å². The Labute approximate surface area is 248 Å². The van der Waals surface area contributed by atoms with E-state index >= 15 is 0 Å². The van der Waals surface area contributed by atoms with Crippen molar-refractivity contribution in [3.63, 3.8) is 0 Å². The second kappa shape index (κ2) is 16.8. The minimum absolute atomic E-state index is 0.0195. The summed E-state index contributed by atoms with van der Waals surface area (Å²) in [4.78, 5) is 42.4. The largest absolute Gasteiger partial charge is 0.508 e. The number of phenolic OH excluding ortho intramolecular Hbond substituents is 1. The molecule has 2 rings (SSSR count). The number of phenols is 1. The summed E-state index contributed by atoms with van der Waals surface area (Å²) in [6.45, 7) is 7.66. The zero-order valence-electron chi connectivity index (χ0n) is 25.1. The number of carbonyl (C=O) groups is 3. The molecule has 2 atom stereocenters. The molecule has 0 radical (unpaired) electrons. The Morgan fingerprint density at radius 3 is 2.34 bits per heavy atom. The van der Waals surface area contributed by atoms with Crippen LogP contribution in [0.15, 0.2) is 48.5 Å². The van der Waals surface area contributed by atoms with E-state index in [1.165, 1.54) is 17.0 Å². The van der Waals surface area contributed by atoms with E-state index in [2.05, 4.69) is 17.6 Å². The van der Waals surface area contributed by atoms with Gasteiger partial charge in [-0.25, -0.2) is 4.79 Å². The highest BCUT2D eigenvalue weighted by molar-refractivity contribution is 7.98. The number of methoxy groups -OCH3 is 1. The normalized spacial score (nSPS) is 12.6. The fraction of sp³-hybridized carbons (Fsp3) is 0.516. The van der Waals surface area contributed by atoms with Gasteiger partial charge in [-0.2, -0.15) is 11.8 Å². The Balaban J connectivity index is 2.51. The van der Waals surface area contributed by atoms with Crippen LogP contribution in [0.1, 0.15) is 71.4 Å². The lowest BCUT2D eigenvalue weighted by molar-refractivity contribution is -0.141. The number of amides is 3. The van der Waals surface area contributed by atoms with Gasteiger partial charge in [-0.15, -0.1) is 0 Å². The summed E-state index contributed by atoms with van der Waals surface area (Å²) in [6, 6.07) is 11.3. The fourth-order valence-electron chi connectivity index (χ4n) is 4.27. The van der Waals surface area contributed by atoms with Crippen molar-refractivity contribution < 1.29 is 29.0 Å². The zero-order chi connectivity index (χ0) is 30.4. The van der Waals surface area contributed by atoms with E-state index in [0.717, 1.165) is 19.3 Å². The molecule has 9 nitrogen and oxygen atoms in total. The maximum atomic E-state index is 14.2. The number of alkyl carbamates (subject to hydrolysis) is 1. The van der Waals surface area contributed by atoms with E-state index in [9.17, 15) is 19.5 Å². The number of aromatic hydroxyl groups is 1. The predicted octanol–water partition coefficient (Wildman–Crippen LogP) is 6.14. The van der Waals surface area contributed by atoms with E-state index in [4.69, 9.17) is 9.47 Å². The molecule has 0 bridgehead atoms. The number of anilines is 1. The number of nitrogens with zero attached hydrogens (tertiary/aromatic N) is 1. The lowest BCUT2D eigenvalue weighted by Gasteiger charge is -2.34. The molecule has 3 amide bonds. The summed E-state index contributed by atoms with van der Waals surface area (Å²) >= 11 is 1.56. The van der Waals surface area contributed by atoms with Crippen molar-refractivity contribution >= 4 is 35.4 Å². The molecular formula is C31H45N3O6S. The Kier molecular flexibility index (Phi) is 13.8.